The first-order valence-corrected chi connectivity index (χ1v) is 5.12. The third-order valence-corrected chi connectivity index (χ3v) is 2.67. The third-order valence-electron chi connectivity index (χ3n) is 2.67. The number of benzene rings is 1. The minimum atomic E-state index is 0.0870. The molecule has 0 saturated heterocycles. The van der Waals surface area contributed by atoms with Crippen molar-refractivity contribution in [1.82, 2.24) is 10.2 Å². The van der Waals surface area contributed by atoms with Crippen molar-refractivity contribution in [2.24, 2.45) is 0 Å². The van der Waals surface area contributed by atoms with Gasteiger partial charge in [0, 0.05) is 5.56 Å². The van der Waals surface area contributed by atoms with Gasteiger partial charge in [0.1, 0.15) is 0 Å². The molecular formula is C11H11N3O2. The van der Waals surface area contributed by atoms with Gasteiger partial charge in [-0.2, -0.15) is 0 Å². The van der Waals surface area contributed by atoms with Gasteiger partial charge in [0.2, 0.25) is 5.89 Å². The minimum absolute atomic E-state index is 0.0870. The fraction of sp³-hybridized carbons (Fsp3) is 0.273. The van der Waals surface area contributed by atoms with Crippen molar-refractivity contribution in [3.63, 3.8) is 0 Å². The van der Waals surface area contributed by atoms with Gasteiger partial charge in [0.25, 0.3) is 0 Å². The molecule has 1 aliphatic rings. The van der Waals surface area contributed by atoms with Crippen LogP contribution in [0.15, 0.2) is 22.6 Å². The molecule has 2 N–H and O–H groups in total. The van der Waals surface area contributed by atoms with E-state index in [1.54, 1.807) is 0 Å². The number of hydrogen-bond acceptors (Lipinski definition) is 5. The van der Waals surface area contributed by atoms with Crippen LogP contribution in [0, 0.1) is 0 Å². The van der Waals surface area contributed by atoms with Gasteiger partial charge in [-0.25, -0.2) is 0 Å². The quantitative estimate of drug-likeness (QED) is 0.781. The Labute approximate surface area is 92.2 Å². The topological polar surface area (TPSA) is 74.2 Å². The van der Waals surface area contributed by atoms with Gasteiger partial charge in [-0.15, -0.1) is 5.10 Å². The molecule has 16 heavy (non-hydrogen) atoms. The summed E-state index contributed by atoms with van der Waals surface area (Å²) >= 11 is 0. The number of anilines is 1. The fourth-order valence-electron chi connectivity index (χ4n) is 1.85. The van der Waals surface area contributed by atoms with E-state index >= 15 is 0 Å². The zero-order chi connectivity index (χ0) is 11.0. The Hall–Kier alpha value is -1.88. The second kappa shape index (κ2) is 3.61. The Morgan fingerprint density at radius 3 is 2.94 bits per heavy atom. The van der Waals surface area contributed by atoms with Crippen LogP contribution in [0.4, 0.5) is 6.01 Å². The van der Waals surface area contributed by atoms with Crippen molar-refractivity contribution < 1.29 is 9.15 Å². The first-order valence-electron chi connectivity index (χ1n) is 5.12. The average molecular weight is 217 g/mol. The highest BCUT2D eigenvalue weighted by molar-refractivity contribution is 5.56. The Bertz CT molecular complexity index is 522. The van der Waals surface area contributed by atoms with Crippen LogP contribution in [0.25, 0.3) is 11.5 Å². The lowest BCUT2D eigenvalue weighted by molar-refractivity contribution is 0.111. The SMILES string of the molecule is Nc1nnc(-c2ccc3c(c2)COCC3)o1. The molecule has 0 atom stereocenters. The van der Waals surface area contributed by atoms with Crippen molar-refractivity contribution in [2.45, 2.75) is 13.0 Å². The van der Waals surface area contributed by atoms with Crippen LogP contribution in [-0.4, -0.2) is 16.8 Å². The van der Waals surface area contributed by atoms with Crippen molar-refractivity contribution in [3.05, 3.63) is 29.3 Å². The Morgan fingerprint density at radius 2 is 2.12 bits per heavy atom. The number of nitrogen functional groups attached to an aromatic ring is 1. The van der Waals surface area contributed by atoms with Gasteiger partial charge < -0.3 is 14.9 Å². The summed E-state index contributed by atoms with van der Waals surface area (Å²) in [6, 6.07) is 6.15. The summed E-state index contributed by atoms with van der Waals surface area (Å²) < 4.78 is 10.6. The van der Waals surface area contributed by atoms with Crippen LogP contribution >= 0.6 is 0 Å². The van der Waals surface area contributed by atoms with Crippen LogP contribution in [0.3, 0.4) is 0 Å². The summed E-state index contributed by atoms with van der Waals surface area (Å²) in [5, 5.41) is 7.49. The molecule has 2 aromatic rings. The highest BCUT2D eigenvalue weighted by atomic mass is 16.5. The number of nitrogens with zero attached hydrogens (tertiary/aromatic N) is 2. The average Bonchev–Trinajstić information content (AvgIpc) is 2.75. The molecule has 1 aliphatic heterocycles. The molecule has 5 heteroatoms. The molecule has 82 valence electrons. The van der Waals surface area contributed by atoms with E-state index in [0.717, 1.165) is 18.6 Å². The molecule has 1 aromatic carbocycles. The molecule has 5 nitrogen and oxygen atoms in total. The van der Waals surface area contributed by atoms with Crippen LogP contribution < -0.4 is 5.73 Å². The maximum atomic E-state index is 5.40. The molecule has 0 bridgehead atoms. The molecule has 0 aliphatic carbocycles. The standard InChI is InChI=1S/C11H11N3O2/c12-11-14-13-10(16-11)8-2-1-7-3-4-15-6-9(7)5-8/h1-2,5H,3-4,6H2,(H2,12,14). The molecule has 0 radical (unpaired) electrons. The van der Waals surface area contributed by atoms with Crippen molar-refractivity contribution in [3.8, 4) is 11.5 Å². The van der Waals surface area contributed by atoms with Gasteiger partial charge in [-0.3, -0.25) is 0 Å². The van der Waals surface area contributed by atoms with Gasteiger partial charge in [-0.1, -0.05) is 11.2 Å². The summed E-state index contributed by atoms with van der Waals surface area (Å²) in [5.74, 6) is 0.450. The lowest BCUT2D eigenvalue weighted by Gasteiger charge is -2.16. The largest absolute Gasteiger partial charge is 0.404 e. The van der Waals surface area contributed by atoms with E-state index in [1.807, 2.05) is 12.1 Å². The summed E-state index contributed by atoms with van der Waals surface area (Å²) in [5.41, 5.74) is 8.77. The van der Waals surface area contributed by atoms with Crippen LogP contribution in [-0.2, 0) is 17.8 Å². The smallest absolute Gasteiger partial charge is 0.313 e. The van der Waals surface area contributed by atoms with Crippen LogP contribution in [0.2, 0.25) is 0 Å². The second-order valence-electron chi connectivity index (χ2n) is 3.73. The maximum absolute atomic E-state index is 5.40. The highest BCUT2D eigenvalue weighted by Crippen LogP contribution is 2.24. The number of ether oxygens (including phenoxy) is 1. The highest BCUT2D eigenvalue weighted by Gasteiger charge is 2.12. The number of fused-ring (bicyclic) bond motifs is 1. The number of rotatable bonds is 1. The van der Waals surface area contributed by atoms with Gasteiger partial charge in [0.15, 0.2) is 0 Å². The molecule has 0 fully saturated rings. The summed E-state index contributed by atoms with van der Waals surface area (Å²) in [6.45, 7) is 1.44. The van der Waals surface area contributed by atoms with Gasteiger partial charge in [0.05, 0.1) is 13.2 Å². The number of nitrogens with two attached hydrogens (primary N) is 1. The van der Waals surface area contributed by atoms with Gasteiger partial charge >= 0.3 is 6.01 Å². The van der Waals surface area contributed by atoms with E-state index in [0.29, 0.717) is 12.5 Å². The summed E-state index contributed by atoms with van der Waals surface area (Å²) in [7, 11) is 0. The van der Waals surface area contributed by atoms with E-state index < -0.39 is 0 Å². The zero-order valence-electron chi connectivity index (χ0n) is 8.64. The Morgan fingerprint density at radius 1 is 1.19 bits per heavy atom. The Kier molecular flexibility index (Phi) is 2.11. The van der Waals surface area contributed by atoms with Crippen molar-refractivity contribution in [2.75, 3.05) is 12.3 Å². The molecule has 0 saturated carbocycles. The monoisotopic (exact) mass is 217 g/mol. The molecule has 0 amide bonds. The Balaban J connectivity index is 2.02. The van der Waals surface area contributed by atoms with Crippen LogP contribution in [0.1, 0.15) is 11.1 Å². The summed E-state index contributed by atoms with van der Waals surface area (Å²) in [6.07, 6.45) is 0.960. The molecule has 3 rings (SSSR count). The van der Waals surface area contributed by atoms with E-state index in [2.05, 4.69) is 16.3 Å². The second-order valence-corrected chi connectivity index (χ2v) is 3.73. The minimum Gasteiger partial charge on any atom is -0.404 e. The third kappa shape index (κ3) is 1.55. The summed E-state index contributed by atoms with van der Waals surface area (Å²) in [4.78, 5) is 0. The zero-order valence-corrected chi connectivity index (χ0v) is 8.64. The van der Waals surface area contributed by atoms with E-state index in [-0.39, 0.29) is 6.01 Å². The van der Waals surface area contributed by atoms with Crippen LogP contribution in [0.5, 0.6) is 0 Å². The molecule has 2 heterocycles. The predicted octanol–water partition coefficient (Wildman–Crippen LogP) is 1.39. The first-order chi connectivity index (χ1) is 7.83. The number of aromatic nitrogens is 2. The molecule has 1 aromatic heterocycles. The molecule has 0 unspecified atom stereocenters. The molecular weight excluding hydrogens is 206 g/mol. The van der Waals surface area contributed by atoms with E-state index in [9.17, 15) is 0 Å². The predicted molar refractivity (Wildman–Crippen MR) is 57.5 cm³/mol. The molecule has 0 spiro atoms. The van der Waals surface area contributed by atoms with Crippen molar-refractivity contribution >= 4 is 6.01 Å². The first kappa shape index (κ1) is 9.35. The lowest BCUT2D eigenvalue weighted by Crippen LogP contribution is -2.09. The maximum Gasteiger partial charge on any atom is 0.313 e. The number of hydrogen-bond donors (Lipinski definition) is 1. The fourth-order valence-corrected chi connectivity index (χ4v) is 1.85. The lowest BCUT2D eigenvalue weighted by atomic mass is 10.0. The van der Waals surface area contributed by atoms with Gasteiger partial charge in [-0.05, 0) is 29.7 Å². The van der Waals surface area contributed by atoms with Crippen molar-refractivity contribution in [1.29, 1.82) is 0 Å². The van der Waals surface area contributed by atoms with E-state index in [4.69, 9.17) is 14.9 Å². The van der Waals surface area contributed by atoms with E-state index in [1.165, 1.54) is 11.1 Å². The normalized spacial score (nSPS) is 14.8.